The first-order valence-electron chi connectivity index (χ1n) is 14.6. The van der Waals surface area contributed by atoms with Gasteiger partial charge in [-0.15, -0.1) is 0 Å². The lowest BCUT2D eigenvalue weighted by Gasteiger charge is -2.26. The van der Waals surface area contributed by atoms with Crippen molar-refractivity contribution in [2.24, 2.45) is 0 Å². The summed E-state index contributed by atoms with van der Waals surface area (Å²) in [6.45, 7) is 10.9. The minimum atomic E-state index is -4.92. The van der Waals surface area contributed by atoms with Gasteiger partial charge in [-0.25, -0.2) is 8.42 Å². The molecule has 232 valence electrons. The summed E-state index contributed by atoms with van der Waals surface area (Å²) in [5, 5.41) is 4.25. The van der Waals surface area contributed by atoms with Crippen LogP contribution in [0.4, 0.5) is 0 Å². The van der Waals surface area contributed by atoms with E-state index < -0.39 is 17.7 Å². The third-order valence-electron chi connectivity index (χ3n) is 6.83. The van der Waals surface area contributed by atoms with E-state index in [1.807, 2.05) is 0 Å². The van der Waals surface area contributed by atoms with Crippen LogP contribution in [0.1, 0.15) is 47.5 Å². The van der Waals surface area contributed by atoms with Crippen LogP contribution in [0.2, 0.25) is 0 Å². The van der Waals surface area contributed by atoms with Gasteiger partial charge in [-0.2, -0.15) is 0 Å². The summed E-state index contributed by atoms with van der Waals surface area (Å²) in [6, 6.07) is 33.2. The Hall–Kier alpha value is -3.60. The summed E-state index contributed by atoms with van der Waals surface area (Å²) in [4.78, 5) is 0. The van der Waals surface area contributed by atoms with Crippen LogP contribution in [-0.2, 0) is 10.4 Å². The molecule has 0 aliphatic rings. The third kappa shape index (κ3) is 13.8. The Kier molecular flexibility index (Phi) is 15.7. The molecular weight excluding hydrogens is 583 g/mol. The lowest BCUT2D eigenvalue weighted by atomic mass is 10.1. The zero-order valence-corrected chi connectivity index (χ0v) is 28.1. The first-order valence-corrected chi connectivity index (χ1v) is 18.0. The molecule has 3 rings (SSSR count). The summed E-state index contributed by atoms with van der Waals surface area (Å²) in [5.74, 6) is 0. The number of benzene rings is 3. The highest BCUT2D eigenvalue weighted by Crippen LogP contribution is 2.55. The van der Waals surface area contributed by atoms with Crippen LogP contribution in [0.3, 0.4) is 0 Å². The molecule has 0 aromatic heterocycles. The number of hydrogen-bond donors (Lipinski definition) is 1. The smallest absolute Gasteiger partial charge is 0.215 e. The normalized spacial score (nSPS) is 13.1. The zero-order chi connectivity index (χ0) is 32.4. The van der Waals surface area contributed by atoms with E-state index in [4.69, 9.17) is 17.5 Å². The molecule has 0 unspecified atom stereocenters. The van der Waals surface area contributed by atoms with Gasteiger partial charge < -0.3 is 4.55 Å². The Labute approximate surface area is 265 Å². The second kappa shape index (κ2) is 18.9. The van der Waals surface area contributed by atoms with E-state index in [2.05, 4.69) is 174 Å². The second-order valence-corrected chi connectivity index (χ2v) is 15.2. The molecule has 0 aliphatic carbocycles. The van der Waals surface area contributed by atoms with Crippen molar-refractivity contribution in [3.63, 3.8) is 0 Å². The van der Waals surface area contributed by atoms with Crippen molar-refractivity contribution in [3.05, 3.63) is 162 Å². The van der Waals surface area contributed by atoms with Crippen LogP contribution in [0.25, 0.3) is 0 Å². The van der Waals surface area contributed by atoms with E-state index in [0.29, 0.717) is 0 Å². The second-order valence-electron chi connectivity index (χ2n) is 10.8. The van der Waals surface area contributed by atoms with E-state index in [1.54, 1.807) is 0 Å². The SMILES string of the molecule is CC(C)=CCCC(C)=CC=CC(C)=CC=CC(C)=CC[P+](c1ccccc1)(c1ccccc1)c1ccccc1.O=S(=O)([O-])O. The van der Waals surface area contributed by atoms with Crippen molar-refractivity contribution in [1.29, 1.82) is 0 Å². The van der Waals surface area contributed by atoms with E-state index in [0.717, 1.165) is 19.0 Å². The van der Waals surface area contributed by atoms with Crippen LogP contribution >= 0.6 is 7.26 Å². The van der Waals surface area contributed by atoms with Crippen molar-refractivity contribution >= 4 is 33.6 Å². The molecule has 0 heterocycles. The fraction of sp³-hybridized carbons (Fsp3) is 0.211. The lowest BCUT2D eigenvalue weighted by Crippen LogP contribution is -2.33. The van der Waals surface area contributed by atoms with Crippen LogP contribution in [0.15, 0.2) is 162 Å². The maximum Gasteiger partial charge on any atom is 0.215 e. The molecule has 0 radical (unpaired) electrons. The van der Waals surface area contributed by atoms with Crippen LogP contribution in [0.5, 0.6) is 0 Å². The van der Waals surface area contributed by atoms with Crippen molar-refractivity contribution < 1.29 is 17.5 Å². The number of hydrogen-bond acceptors (Lipinski definition) is 3. The molecule has 4 nitrogen and oxygen atoms in total. The summed E-state index contributed by atoms with van der Waals surface area (Å²) in [6.07, 6.45) is 21.1. The van der Waals surface area contributed by atoms with E-state index in [1.165, 1.54) is 38.2 Å². The fourth-order valence-electron chi connectivity index (χ4n) is 4.60. The highest BCUT2D eigenvalue weighted by atomic mass is 32.3. The Morgan fingerprint density at radius 1 is 0.682 bits per heavy atom. The van der Waals surface area contributed by atoms with Gasteiger partial charge in [-0.1, -0.05) is 119 Å². The first-order chi connectivity index (χ1) is 20.9. The van der Waals surface area contributed by atoms with Gasteiger partial charge in [-0.05, 0) is 89.9 Å². The highest BCUT2D eigenvalue weighted by Gasteiger charge is 2.44. The first kappa shape index (κ1) is 36.6. The standard InChI is InChI=1S/C38H44P.H2O4S/c1-32(2)18-15-19-33(3)20-16-21-34(4)22-17-23-35(5)30-31-39(36-24-9-6-10-25-36,37-26-11-7-12-27-37)38-28-13-8-14-29-38;1-5(2,3)4/h6-14,16-18,20-30H,15,19,31H2,1-5H3;(H2,1,2,3,4)/q+1;/p-1. The molecule has 0 bridgehead atoms. The molecule has 44 heavy (non-hydrogen) atoms. The largest absolute Gasteiger partial charge is 0.726 e. The molecule has 0 spiro atoms. The average Bonchev–Trinajstić information content (AvgIpc) is 2.98. The van der Waals surface area contributed by atoms with Gasteiger partial charge in [0.1, 0.15) is 23.2 Å². The Morgan fingerprint density at radius 3 is 1.52 bits per heavy atom. The summed E-state index contributed by atoms with van der Waals surface area (Å²) < 4.78 is 32.8. The molecule has 0 saturated carbocycles. The monoisotopic (exact) mass is 628 g/mol. The molecule has 1 N–H and O–H groups in total. The topological polar surface area (TPSA) is 77.4 Å². The van der Waals surface area contributed by atoms with Crippen LogP contribution in [-0.4, -0.2) is 23.7 Å². The van der Waals surface area contributed by atoms with Gasteiger partial charge in [-0.3, -0.25) is 4.55 Å². The van der Waals surface area contributed by atoms with Gasteiger partial charge in [0.05, 0.1) is 6.16 Å². The van der Waals surface area contributed by atoms with Gasteiger partial charge in [0.15, 0.2) is 0 Å². The molecule has 3 aromatic carbocycles. The van der Waals surface area contributed by atoms with E-state index in [-0.39, 0.29) is 0 Å². The maximum atomic E-state index is 8.63. The molecule has 6 heteroatoms. The Bertz CT molecular complexity index is 1470. The van der Waals surface area contributed by atoms with Gasteiger partial charge >= 0.3 is 0 Å². The van der Waals surface area contributed by atoms with Crippen molar-refractivity contribution in [2.45, 2.75) is 47.5 Å². The number of rotatable bonds is 12. The Balaban J connectivity index is 0.00000125. The summed E-state index contributed by atoms with van der Waals surface area (Å²) in [5.41, 5.74) is 5.33. The molecule has 0 atom stereocenters. The molecule has 0 saturated heterocycles. The van der Waals surface area contributed by atoms with Gasteiger partial charge in [0, 0.05) is 0 Å². The number of allylic oxidation sites excluding steroid dienone is 12. The minimum absolute atomic E-state index is 0.987. The maximum absolute atomic E-state index is 8.63. The van der Waals surface area contributed by atoms with Gasteiger partial charge in [0.25, 0.3) is 0 Å². The highest BCUT2D eigenvalue weighted by molar-refractivity contribution is 7.95. The lowest BCUT2D eigenvalue weighted by molar-refractivity contribution is 0.366. The van der Waals surface area contributed by atoms with Crippen molar-refractivity contribution in [1.82, 2.24) is 0 Å². The average molecular weight is 629 g/mol. The predicted molar refractivity (Wildman–Crippen MR) is 191 cm³/mol. The van der Waals surface area contributed by atoms with E-state index in [9.17, 15) is 0 Å². The molecular formula is C38H45O4PS. The molecule has 0 amide bonds. The fourth-order valence-corrected chi connectivity index (χ4v) is 8.74. The molecule has 0 fully saturated rings. The van der Waals surface area contributed by atoms with Crippen molar-refractivity contribution in [3.8, 4) is 0 Å². The minimum Gasteiger partial charge on any atom is -0.726 e. The predicted octanol–water partition coefficient (Wildman–Crippen LogP) is 8.68. The van der Waals surface area contributed by atoms with Crippen molar-refractivity contribution in [2.75, 3.05) is 6.16 Å². The van der Waals surface area contributed by atoms with Crippen LogP contribution < -0.4 is 15.9 Å². The zero-order valence-electron chi connectivity index (χ0n) is 26.4. The Morgan fingerprint density at radius 2 is 1.09 bits per heavy atom. The molecule has 3 aromatic rings. The summed E-state index contributed by atoms with van der Waals surface area (Å²) in [7, 11) is -6.76. The summed E-state index contributed by atoms with van der Waals surface area (Å²) >= 11 is 0. The quantitative estimate of drug-likeness (QED) is 0.0716. The van der Waals surface area contributed by atoms with E-state index >= 15 is 0 Å². The molecule has 0 aliphatic heterocycles. The van der Waals surface area contributed by atoms with Gasteiger partial charge in [0.2, 0.25) is 10.4 Å². The third-order valence-corrected chi connectivity index (χ3v) is 11.1. The van der Waals surface area contributed by atoms with Crippen LogP contribution in [0, 0.1) is 0 Å².